The van der Waals surface area contributed by atoms with Gasteiger partial charge >= 0.3 is 0 Å². The van der Waals surface area contributed by atoms with Crippen LogP contribution < -0.4 is 10.6 Å². The van der Waals surface area contributed by atoms with Crippen molar-refractivity contribution in [3.05, 3.63) is 112 Å². The molecule has 1 aliphatic rings. The minimum atomic E-state index is -0.606. The number of carbonyl (C=O) groups excluding carboxylic acids is 3. The van der Waals surface area contributed by atoms with Crippen molar-refractivity contribution < 1.29 is 14.4 Å². The zero-order chi connectivity index (χ0) is 28.8. The third kappa shape index (κ3) is 6.85. The van der Waals surface area contributed by atoms with Crippen molar-refractivity contribution in [1.82, 2.24) is 4.90 Å². The van der Waals surface area contributed by atoms with Crippen molar-refractivity contribution in [2.24, 2.45) is 0 Å². The van der Waals surface area contributed by atoms with Gasteiger partial charge in [0.2, 0.25) is 17.7 Å². The lowest BCUT2D eigenvalue weighted by atomic mass is 10.0. The Hall–Kier alpha value is -4.39. The molecule has 206 valence electrons. The predicted octanol–water partition coefficient (Wildman–Crippen LogP) is 6.18. The molecule has 9 heteroatoms. The van der Waals surface area contributed by atoms with Crippen molar-refractivity contribution in [2.75, 3.05) is 17.2 Å². The van der Waals surface area contributed by atoms with Crippen molar-refractivity contribution in [3.8, 4) is 6.07 Å². The minimum absolute atomic E-state index is 0.00725. The first-order chi connectivity index (χ1) is 19.9. The van der Waals surface area contributed by atoms with Crippen LogP contribution in [-0.2, 0) is 33.8 Å². The molecule has 3 aromatic carbocycles. The number of benzene rings is 3. The Labute approximate surface area is 247 Å². The highest BCUT2D eigenvalue weighted by Gasteiger charge is 2.29. The Bertz CT molecular complexity index is 1610. The van der Waals surface area contributed by atoms with Crippen LogP contribution in [0.3, 0.4) is 0 Å². The van der Waals surface area contributed by atoms with Crippen LogP contribution in [0.1, 0.15) is 39.3 Å². The topological polar surface area (TPSA) is 102 Å². The van der Waals surface area contributed by atoms with E-state index in [1.54, 1.807) is 4.90 Å². The van der Waals surface area contributed by atoms with Gasteiger partial charge in [0.1, 0.15) is 16.3 Å². The Balaban J connectivity index is 1.35. The average molecular weight is 581 g/mol. The number of amides is 3. The van der Waals surface area contributed by atoms with Gasteiger partial charge in [-0.05, 0) is 41.3 Å². The van der Waals surface area contributed by atoms with E-state index in [0.717, 1.165) is 26.5 Å². The molecule has 1 aliphatic heterocycles. The summed E-state index contributed by atoms with van der Waals surface area (Å²) in [5.41, 5.74) is 3.78. The van der Waals surface area contributed by atoms with E-state index in [1.165, 1.54) is 30.0 Å². The van der Waals surface area contributed by atoms with Gasteiger partial charge in [-0.15, -0.1) is 23.1 Å². The quantitative estimate of drug-likeness (QED) is 0.243. The predicted molar refractivity (Wildman–Crippen MR) is 163 cm³/mol. The molecule has 1 aromatic heterocycles. The van der Waals surface area contributed by atoms with Crippen molar-refractivity contribution in [2.45, 2.75) is 36.5 Å². The second-order valence-corrected chi connectivity index (χ2v) is 11.9. The summed E-state index contributed by atoms with van der Waals surface area (Å²) in [5, 5.41) is 15.8. The summed E-state index contributed by atoms with van der Waals surface area (Å²) in [5.74, 6) is -0.379. The monoisotopic (exact) mass is 580 g/mol. The number of nitriles is 1. The summed E-state index contributed by atoms with van der Waals surface area (Å²) in [4.78, 5) is 41.8. The molecule has 2 heterocycles. The first-order valence-corrected chi connectivity index (χ1v) is 14.9. The van der Waals surface area contributed by atoms with Crippen LogP contribution in [0.25, 0.3) is 0 Å². The van der Waals surface area contributed by atoms with E-state index in [0.29, 0.717) is 35.8 Å². The maximum Gasteiger partial charge on any atom is 0.243 e. The fourth-order valence-corrected chi connectivity index (χ4v) is 7.03. The number of thioether (sulfide) groups is 1. The Morgan fingerprint density at radius 1 is 1.00 bits per heavy atom. The fraction of sp³-hybridized carbons (Fsp3) is 0.188. The molecule has 0 aliphatic carbocycles. The molecule has 2 N–H and O–H groups in total. The molecule has 41 heavy (non-hydrogen) atoms. The molecule has 0 spiro atoms. The maximum atomic E-state index is 13.8. The SMILES string of the molecule is CC(=O)N1CCc2c(sc(NC(=O)C(Sc3cccc(NC(=O)Cc4ccccc4)c3)c3ccccc3)c2C#N)C1. The molecule has 0 bridgehead atoms. The lowest BCUT2D eigenvalue weighted by Crippen LogP contribution is -2.33. The van der Waals surface area contributed by atoms with Crippen molar-refractivity contribution in [3.63, 3.8) is 0 Å². The van der Waals surface area contributed by atoms with Crippen LogP contribution in [0.5, 0.6) is 0 Å². The van der Waals surface area contributed by atoms with E-state index in [2.05, 4.69) is 16.7 Å². The smallest absolute Gasteiger partial charge is 0.243 e. The van der Waals surface area contributed by atoms with Gasteiger partial charge < -0.3 is 15.5 Å². The molecule has 0 fully saturated rings. The van der Waals surface area contributed by atoms with Gasteiger partial charge in [-0.25, -0.2) is 0 Å². The lowest BCUT2D eigenvalue weighted by molar-refractivity contribution is -0.129. The van der Waals surface area contributed by atoms with Gasteiger partial charge in [-0.1, -0.05) is 66.7 Å². The molecule has 0 saturated carbocycles. The molecule has 5 rings (SSSR count). The fourth-order valence-electron chi connectivity index (χ4n) is 4.73. The highest BCUT2D eigenvalue weighted by molar-refractivity contribution is 8.00. The number of nitrogens with one attached hydrogen (secondary N) is 2. The molecule has 7 nitrogen and oxygen atoms in total. The number of carbonyl (C=O) groups is 3. The van der Waals surface area contributed by atoms with E-state index < -0.39 is 5.25 Å². The van der Waals surface area contributed by atoms with Crippen LogP contribution in [0.4, 0.5) is 10.7 Å². The number of hydrogen-bond donors (Lipinski definition) is 2. The van der Waals surface area contributed by atoms with Crippen LogP contribution in [-0.4, -0.2) is 29.2 Å². The number of anilines is 2. The van der Waals surface area contributed by atoms with E-state index in [9.17, 15) is 19.6 Å². The maximum absolute atomic E-state index is 13.8. The zero-order valence-corrected chi connectivity index (χ0v) is 24.1. The zero-order valence-electron chi connectivity index (χ0n) is 22.4. The van der Waals surface area contributed by atoms with Crippen molar-refractivity contribution >= 4 is 51.5 Å². The van der Waals surface area contributed by atoms with Gasteiger partial charge in [0.25, 0.3) is 0 Å². The summed E-state index contributed by atoms with van der Waals surface area (Å²) < 4.78 is 0. The van der Waals surface area contributed by atoms with Gasteiger partial charge in [0.05, 0.1) is 18.5 Å². The van der Waals surface area contributed by atoms with Crippen molar-refractivity contribution in [1.29, 1.82) is 5.26 Å². The standard InChI is InChI=1S/C32H28N4O3S2/c1-21(37)36-16-15-26-27(19-33)32(41-28(26)20-36)35-31(39)30(23-11-6-3-7-12-23)40-25-14-8-13-24(18-25)34-29(38)17-22-9-4-2-5-10-22/h2-14,18,30H,15-17,20H2,1H3,(H,34,38)(H,35,39). The van der Waals surface area contributed by atoms with Crippen LogP contribution >= 0.6 is 23.1 Å². The second kappa shape index (κ2) is 12.9. The lowest BCUT2D eigenvalue weighted by Gasteiger charge is -2.25. The molecule has 1 unspecified atom stereocenters. The highest BCUT2D eigenvalue weighted by atomic mass is 32.2. The number of hydrogen-bond acceptors (Lipinski definition) is 6. The summed E-state index contributed by atoms with van der Waals surface area (Å²) >= 11 is 2.73. The molecule has 0 saturated heterocycles. The van der Waals surface area contributed by atoms with Crippen LogP contribution in [0, 0.1) is 11.3 Å². The minimum Gasteiger partial charge on any atom is -0.337 e. The third-order valence-electron chi connectivity index (χ3n) is 6.77. The molecule has 1 atom stereocenters. The van der Waals surface area contributed by atoms with Crippen LogP contribution in [0.15, 0.2) is 89.8 Å². The van der Waals surface area contributed by atoms with E-state index >= 15 is 0 Å². The summed E-state index contributed by atoms with van der Waals surface area (Å²) in [7, 11) is 0. The number of fused-ring (bicyclic) bond motifs is 1. The average Bonchev–Trinajstić information content (AvgIpc) is 3.33. The molecular weight excluding hydrogens is 553 g/mol. The number of rotatable bonds is 8. The summed E-state index contributed by atoms with van der Waals surface area (Å²) in [6.07, 6.45) is 0.854. The molecule has 4 aromatic rings. The molecule has 3 amide bonds. The largest absolute Gasteiger partial charge is 0.337 e. The van der Waals surface area contributed by atoms with E-state index in [4.69, 9.17) is 0 Å². The van der Waals surface area contributed by atoms with E-state index in [1.807, 2.05) is 84.9 Å². The first kappa shape index (κ1) is 28.1. The highest BCUT2D eigenvalue weighted by Crippen LogP contribution is 2.40. The number of thiophene rings is 1. The van der Waals surface area contributed by atoms with Crippen LogP contribution in [0.2, 0.25) is 0 Å². The Morgan fingerprint density at radius 2 is 1.73 bits per heavy atom. The normalized spacial score (nSPS) is 13.0. The van der Waals surface area contributed by atoms with Gasteiger partial charge in [-0.3, -0.25) is 14.4 Å². The summed E-state index contributed by atoms with van der Waals surface area (Å²) in [6.45, 7) is 2.54. The molecule has 0 radical (unpaired) electrons. The Morgan fingerprint density at radius 3 is 2.44 bits per heavy atom. The summed E-state index contributed by atoms with van der Waals surface area (Å²) in [6, 6.07) is 28.7. The second-order valence-electron chi connectivity index (χ2n) is 9.65. The van der Waals surface area contributed by atoms with E-state index in [-0.39, 0.29) is 24.1 Å². The van der Waals surface area contributed by atoms with Gasteiger partial charge in [-0.2, -0.15) is 5.26 Å². The molecular formula is C32H28N4O3S2. The first-order valence-electron chi connectivity index (χ1n) is 13.2. The Kier molecular flexibility index (Phi) is 8.82. The van der Waals surface area contributed by atoms with Gasteiger partial charge in [0, 0.05) is 28.9 Å². The van der Waals surface area contributed by atoms with Gasteiger partial charge in [0.15, 0.2) is 0 Å². The number of nitrogens with zero attached hydrogens (tertiary/aromatic N) is 2. The third-order valence-corrected chi connectivity index (χ3v) is 9.15.